The second kappa shape index (κ2) is 10.2. The van der Waals surface area contributed by atoms with E-state index in [4.69, 9.17) is 4.74 Å². The minimum Gasteiger partial charge on any atom is -0.383 e. The molecular formula is C18H22N4O3. The zero-order valence-electron chi connectivity index (χ0n) is 14.1. The molecule has 1 heterocycles. The van der Waals surface area contributed by atoms with Gasteiger partial charge in [-0.05, 0) is 23.8 Å². The first-order valence-electron chi connectivity index (χ1n) is 7.96. The van der Waals surface area contributed by atoms with E-state index in [2.05, 4.69) is 20.9 Å². The van der Waals surface area contributed by atoms with Crippen LogP contribution >= 0.6 is 0 Å². The number of rotatable bonds is 9. The highest BCUT2D eigenvalue weighted by atomic mass is 16.5. The van der Waals surface area contributed by atoms with Gasteiger partial charge in [0.25, 0.3) is 5.91 Å². The molecule has 0 atom stereocenters. The van der Waals surface area contributed by atoms with E-state index in [0.29, 0.717) is 30.9 Å². The molecular weight excluding hydrogens is 320 g/mol. The van der Waals surface area contributed by atoms with Crippen molar-refractivity contribution in [2.45, 2.75) is 6.54 Å². The van der Waals surface area contributed by atoms with E-state index < -0.39 is 0 Å². The first-order chi connectivity index (χ1) is 12.2. The first kappa shape index (κ1) is 18.6. The van der Waals surface area contributed by atoms with Crippen LogP contribution in [0.3, 0.4) is 0 Å². The Balaban J connectivity index is 1.92. The number of para-hydroxylation sites is 1. The van der Waals surface area contributed by atoms with Gasteiger partial charge >= 0.3 is 0 Å². The topological polar surface area (TPSA) is 92.4 Å². The van der Waals surface area contributed by atoms with Crippen molar-refractivity contribution in [3.8, 4) is 0 Å². The third-order valence-corrected chi connectivity index (χ3v) is 3.39. The van der Waals surface area contributed by atoms with E-state index in [1.54, 1.807) is 43.8 Å². The van der Waals surface area contributed by atoms with Gasteiger partial charge in [0.15, 0.2) is 0 Å². The average molecular weight is 342 g/mol. The Morgan fingerprint density at radius 2 is 2.00 bits per heavy atom. The molecule has 0 aliphatic heterocycles. The molecule has 0 spiro atoms. The Labute approximate surface area is 146 Å². The Morgan fingerprint density at radius 1 is 1.16 bits per heavy atom. The number of methoxy groups -OCH3 is 1. The quantitative estimate of drug-likeness (QED) is 0.595. The summed E-state index contributed by atoms with van der Waals surface area (Å²) in [6.07, 6.45) is 3.37. The molecule has 2 rings (SSSR count). The van der Waals surface area contributed by atoms with E-state index in [9.17, 15) is 9.59 Å². The van der Waals surface area contributed by atoms with Gasteiger partial charge in [0.05, 0.1) is 24.4 Å². The Kier molecular flexibility index (Phi) is 7.55. The lowest BCUT2D eigenvalue weighted by Crippen LogP contribution is -2.31. The van der Waals surface area contributed by atoms with Crippen molar-refractivity contribution < 1.29 is 14.3 Å². The van der Waals surface area contributed by atoms with Crippen molar-refractivity contribution in [2.24, 2.45) is 0 Å². The highest BCUT2D eigenvalue weighted by Crippen LogP contribution is 2.15. The first-order valence-corrected chi connectivity index (χ1v) is 7.96. The van der Waals surface area contributed by atoms with E-state index in [-0.39, 0.29) is 18.4 Å². The Morgan fingerprint density at radius 3 is 2.76 bits per heavy atom. The SMILES string of the molecule is COCCNCC(=O)Nc1ccccc1C(=O)NCc1cccnc1. The fourth-order valence-corrected chi connectivity index (χ4v) is 2.14. The van der Waals surface area contributed by atoms with Gasteiger partial charge in [0.2, 0.25) is 5.91 Å². The molecule has 2 amide bonds. The van der Waals surface area contributed by atoms with Crippen LogP contribution in [0.15, 0.2) is 48.8 Å². The van der Waals surface area contributed by atoms with Crippen LogP contribution < -0.4 is 16.0 Å². The molecule has 1 aromatic heterocycles. The molecule has 0 aliphatic carbocycles. The molecule has 0 aliphatic rings. The standard InChI is InChI=1S/C18H22N4O3/c1-25-10-9-20-13-17(23)22-16-7-3-2-6-15(16)18(24)21-12-14-5-4-8-19-11-14/h2-8,11,20H,9-10,12-13H2,1H3,(H,21,24)(H,22,23). The lowest BCUT2D eigenvalue weighted by atomic mass is 10.1. The maximum Gasteiger partial charge on any atom is 0.253 e. The molecule has 25 heavy (non-hydrogen) atoms. The summed E-state index contributed by atoms with van der Waals surface area (Å²) in [5.41, 5.74) is 1.79. The predicted octanol–water partition coefficient (Wildman–Crippen LogP) is 1.19. The van der Waals surface area contributed by atoms with Crippen molar-refractivity contribution in [2.75, 3.05) is 32.1 Å². The smallest absolute Gasteiger partial charge is 0.253 e. The predicted molar refractivity (Wildman–Crippen MR) is 95.2 cm³/mol. The number of ether oxygens (including phenoxy) is 1. The maximum atomic E-state index is 12.4. The van der Waals surface area contributed by atoms with Crippen LogP contribution in [0.2, 0.25) is 0 Å². The number of carbonyl (C=O) groups excluding carboxylic acids is 2. The van der Waals surface area contributed by atoms with Gasteiger partial charge in [-0.1, -0.05) is 18.2 Å². The number of anilines is 1. The van der Waals surface area contributed by atoms with Gasteiger partial charge in [-0.25, -0.2) is 0 Å². The third-order valence-electron chi connectivity index (χ3n) is 3.39. The van der Waals surface area contributed by atoms with Crippen LogP contribution in [0.1, 0.15) is 15.9 Å². The maximum absolute atomic E-state index is 12.4. The van der Waals surface area contributed by atoms with E-state index >= 15 is 0 Å². The van der Waals surface area contributed by atoms with Gasteiger partial charge in [-0.15, -0.1) is 0 Å². The molecule has 0 radical (unpaired) electrons. The van der Waals surface area contributed by atoms with Gasteiger partial charge in [0, 0.05) is 32.6 Å². The normalized spacial score (nSPS) is 10.3. The summed E-state index contributed by atoms with van der Waals surface area (Å²) in [4.78, 5) is 28.4. The van der Waals surface area contributed by atoms with Crippen molar-refractivity contribution in [3.05, 3.63) is 59.9 Å². The Hall–Kier alpha value is -2.77. The third kappa shape index (κ3) is 6.33. The Bertz CT molecular complexity index is 692. The summed E-state index contributed by atoms with van der Waals surface area (Å²) in [5, 5.41) is 8.53. The van der Waals surface area contributed by atoms with Crippen molar-refractivity contribution in [1.82, 2.24) is 15.6 Å². The number of hydrogen-bond donors (Lipinski definition) is 3. The van der Waals surface area contributed by atoms with Gasteiger partial charge in [0.1, 0.15) is 0 Å². The molecule has 2 aromatic rings. The minimum absolute atomic E-state index is 0.148. The van der Waals surface area contributed by atoms with Crippen LogP contribution in [0, 0.1) is 0 Å². The monoisotopic (exact) mass is 342 g/mol. The van der Waals surface area contributed by atoms with Gasteiger partial charge < -0.3 is 20.7 Å². The summed E-state index contributed by atoms with van der Waals surface area (Å²) in [6, 6.07) is 10.6. The second-order valence-electron chi connectivity index (χ2n) is 5.31. The highest BCUT2D eigenvalue weighted by Gasteiger charge is 2.12. The summed E-state index contributed by atoms with van der Waals surface area (Å²) in [7, 11) is 1.60. The number of aromatic nitrogens is 1. The molecule has 7 heteroatoms. The summed E-state index contributed by atoms with van der Waals surface area (Å²) in [6.45, 7) is 1.63. The lowest BCUT2D eigenvalue weighted by molar-refractivity contribution is -0.115. The lowest BCUT2D eigenvalue weighted by Gasteiger charge is -2.12. The van der Waals surface area contributed by atoms with Gasteiger partial charge in [-0.3, -0.25) is 14.6 Å². The molecule has 1 aromatic carbocycles. The fraction of sp³-hybridized carbons (Fsp3) is 0.278. The van der Waals surface area contributed by atoms with E-state index in [1.807, 2.05) is 12.1 Å². The molecule has 0 unspecified atom stereocenters. The number of nitrogens with one attached hydrogen (secondary N) is 3. The number of benzene rings is 1. The molecule has 0 saturated carbocycles. The van der Waals surface area contributed by atoms with Crippen LogP contribution in [-0.4, -0.2) is 43.6 Å². The van der Waals surface area contributed by atoms with E-state index in [0.717, 1.165) is 5.56 Å². The van der Waals surface area contributed by atoms with Crippen molar-refractivity contribution in [1.29, 1.82) is 0 Å². The number of carbonyl (C=O) groups is 2. The summed E-state index contributed by atoms with van der Waals surface area (Å²) < 4.78 is 4.90. The molecule has 132 valence electrons. The summed E-state index contributed by atoms with van der Waals surface area (Å²) >= 11 is 0. The number of hydrogen-bond acceptors (Lipinski definition) is 5. The average Bonchev–Trinajstić information content (AvgIpc) is 2.64. The van der Waals surface area contributed by atoms with Crippen molar-refractivity contribution in [3.63, 3.8) is 0 Å². The zero-order valence-corrected chi connectivity index (χ0v) is 14.1. The number of pyridine rings is 1. The highest BCUT2D eigenvalue weighted by molar-refractivity contribution is 6.04. The molecule has 7 nitrogen and oxygen atoms in total. The van der Waals surface area contributed by atoms with E-state index in [1.165, 1.54) is 0 Å². The minimum atomic E-state index is -0.257. The number of nitrogens with zero attached hydrogens (tertiary/aromatic N) is 1. The van der Waals surface area contributed by atoms with Crippen LogP contribution in [0.5, 0.6) is 0 Å². The largest absolute Gasteiger partial charge is 0.383 e. The second-order valence-corrected chi connectivity index (χ2v) is 5.31. The molecule has 0 bridgehead atoms. The molecule has 0 saturated heterocycles. The summed E-state index contributed by atoms with van der Waals surface area (Å²) in [5.74, 6) is -0.476. The molecule has 0 fully saturated rings. The van der Waals surface area contributed by atoms with Crippen LogP contribution in [-0.2, 0) is 16.1 Å². The van der Waals surface area contributed by atoms with Gasteiger partial charge in [-0.2, -0.15) is 0 Å². The zero-order chi connectivity index (χ0) is 17.9. The number of amides is 2. The fourth-order valence-electron chi connectivity index (χ4n) is 2.14. The molecule has 3 N–H and O–H groups in total. The van der Waals surface area contributed by atoms with Crippen molar-refractivity contribution >= 4 is 17.5 Å². The van der Waals surface area contributed by atoms with Crippen LogP contribution in [0.4, 0.5) is 5.69 Å². The van der Waals surface area contributed by atoms with Crippen LogP contribution in [0.25, 0.3) is 0 Å².